The molecule has 0 aliphatic carbocycles. The number of ether oxygens (including phenoxy) is 2. The van der Waals surface area contributed by atoms with Gasteiger partial charge in [0.25, 0.3) is 5.91 Å². The minimum absolute atomic E-state index is 0.360. The van der Waals surface area contributed by atoms with Gasteiger partial charge in [-0.1, -0.05) is 29.8 Å². The number of halogens is 1. The normalized spacial score (nSPS) is 10.4. The van der Waals surface area contributed by atoms with Crippen LogP contribution in [0.2, 0.25) is 5.02 Å². The van der Waals surface area contributed by atoms with E-state index < -0.39 is 18.5 Å². The highest BCUT2D eigenvalue weighted by atomic mass is 35.5. The van der Waals surface area contributed by atoms with Crippen LogP contribution in [-0.2, 0) is 9.53 Å². The van der Waals surface area contributed by atoms with Gasteiger partial charge in [-0.05, 0) is 31.2 Å². The number of anilines is 1. The minimum atomic E-state index is -0.587. The number of aryl methyl sites for hydroxylation is 1. The number of carbonyl (C=O) groups is 2. The Morgan fingerprint density at radius 3 is 2.64 bits per heavy atom. The third-order valence-corrected chi connectivity index (χ3v) is 5.20. The van der Waals surface area contributed by atoms with Gasteiger partial charge >= 0.3 is 5.97 Å². The van der Waals surface area contributed by atoms with Crippen molar-refractivity contribution < 1.29 is 19.1 Å². The molecule has 0 saturated carbocycles. The largest absolute Gasteiger partial charge is 0.497 e. The maximum atomic E-state index is 12.3. The number of nitrogens with one attached hydrogen (secondary N) is 1. The first-order chi connectivity index (χ1) is 13.5. The summed E-state index contributed by atoms with van der Waals surface area (Å²) in [5.74, 6) is -0.414. The molecule has 1 N–H and O–H groups in total. The molecule has 3 rings (SSSR count). The maximum absolute atomic E-state index is 12.3. The monoisotopic (exact) mass is 416 g/mol. The Labute approximate surface area is 171 Å². The fraction of sp³-hybridized carbons (Fsp3) is 0.150. The summed E-state index contributed by atoms with van der Waals surface area (Å²) in [7, 11) is 1.54. The summed E-state index contributed by atoms with van der Waals surface area (Å²) >= 11 is 7.11. The highest BCUT2D eigenvalue weighted by molar-refractivity contribution is 7.17. The summed E-state index contributed by atoms with van der Waals surface area (Å²) in [6.07, 6.45) is 0. The molecule has 0 fully saturated rings. The van der Waals surface area contributed by atoms with Crippen LogP contribution in [0.5, 0.6) is 5.75 Å². The Bertz CT molecular complexity index is 1000. The van der Waals surface area contributed by atoms with Crippen LogP contribution in [0.25, 0.3) is 10.6 Å². The number of nitrogens with zero attached hydrogens (tertiary/aromatic N) is 1. The van der Waals surface area contributed by atoms with Crippen molar-refractivity contribution in [3.05, 3.63) is 64.1 Å². The van der Waals surface area contributed by atoms with Crippen LogP contribution in [0.4, 0.5) is 5.69 Å². The fourth-order valence-electron chi connectivity index (χ4n) is 2.40. The van der Waals surface area contributed by atoms with Crippen LogP contribution in [0.15, 0.2) is 48.5 Å². The first-order valence-electron chi connectivity index (χ1n) is 8.30. The fourth-order valence-corrected chi connectivity index (χ4v) is 3.49. The number of thiazole rings is 1. The van der Waals surface area contributed by atoms with E-state index in [0.29, 0.717) is 32.0 Å². The smallest absolute Gasteiger partial charge is 0.350 e. The van der Waals surface area contributed by atoms with Gasteiger partial charge in [0.1, 0.15) is 15.6 Å². The Morgan fingerprint density at radius 2 is 1.93 bits per heavy atom. The summed E-state index contributed by atoms with van der Waals surface area (Å²) in [6, 6.07) is 14.1. The number of methoxy groups -OCH3 is 1. The van der Waals surface area contributed by atoms with E-state index in [2.05, 4.69) is 10.3 Å². The molecule has 0 aliphatic heterocycles. The van der Waals surface area contributed by atoms with E-state index >= 15 is 0 Å². The second kappa shape index (κ2) is 8.86. The third-order valence-electron chi connectivity index (χ3n) is 3.76. The molecule has 0 spiro atoms. The van der Waals surface area contributed by atoms with Gasteiger partial charge in [-0.25, -0.2) is 9.78 Å². The van der Waals surface area contributed by atoms with Crippen LogP contribution in [-0.4, -0.2) is 30.6 Å². The molecule has 144 valence electrons. The van der Waals surface area contributed by atoms with Crippen molar-refractivity contribution in [3.8, 4) is 16.3 Å². The van der Waals surface area contributed by atoms with Crippen molar-refractivity contribution in [2.75, 3.05) is 19.0 Å². The molecular formula is C20H17ClN2O4S. The lowest BCUT2D eigenvalue weighted by Gasteiger charge is -2.07. The number of hydrogen-bond donors (Lipinski definition) is 1. The van der Waals surface area contributed by atoms with E-state index in [4.69, 9.17) is 21.1 Å². The maximum Gasteiger partial charge on any atom is 0.350 e. The van der Waals surface area contributed by atoms with Crippen LogP contribution >= 0.6 is 22.9 Å². The van der Waals surface area contributed by atoms with Crippen molar-refractivity contribution in [1.82, 2.24) is 4.98 Å². The average Bonchev–Trinajstić information content (AvgIpc) is 3.08. The van der Waals surface area contributed by atoms with Crippen molar-refractivity contribution in [1.29, 1.82) is 0 Å². The number of esters is 1. The first-order valence-corrected chi connectivity index (χ1v) is 9.50. The van der Waals surface area contributed by atoms with Crippen LogP contribution in [0, 0.1) is 6.92 Å². The van der Waals surface area contributed by atoms with E-state index in [1.165, 1.54) is 11.3 Å². The topological polar surface area (TPSA) is 77.5 Å². The molecular weight excluding hydrogens is 400 g/mol. The molecule has 0 atom stereocenters. The molecule has 2 aromatic carbocycles. The van der Waals surface area contributed by atoms with Gasteiger partial charge in [0.05, 0.1) is 12.8 Å². The molecule has 3 aromatic rings. The highest BCUT2D eigenvalue weighted by Gasteiger charge is 2.18. The van der Waals surface area contributed by atoms with E-state index in [1.54, 1.807) is 50.4 Å². The molecule has 1 amide bonds. The van der Waals surface area contributed by atoms with Crippen molar-refractivity contribution in [2.45, 2.75) is 6.92 Å². The number of carbonyl (C=O) groups excluding carboxylic acids is 2. The molecule has 0 unspecified atom stereocenters. The Kier molecular flexibility index (Phi) is 6.28. The Balaban J connectivity index is 1.61. The summed E-state index contributed by atoms with van der Waals surface area (Å²) in [5, 5.41) is 3.96. The zero-order valence-electron chi connectivity index (χ0n) is 15.2. The van der Waals surface area contributed by atoms with Crippen LogP contribution in [0.3, 0.4) is 0 Å². The molecule has 0 saturated heterocycles. The molecule has 8 heteroatoms. The lowest BCUT2D eigenvalue weighted by molar-refractivity contribution is -0.119. The molecule has 6 nitrogen and oxygen atoms in total. The van der Waals surface area contributed by atoms with Gasteiger partial charge in [0, 0.05) is 22.3 Å². The van der Waals surface area contributed by atoms with Gasteiger partial charge in [-0.15, -0.1) is 11.3 Å². The third kappa shape index (κ3) is 4.88. The first kappa shape index (κ1) is 19.9. The highest BCUT2D eigenvalue weighted by Crippen LogP contribution is 2.29. The molecule has 0 aliphatic rings. The molecule has 0 radical (unpaired) electrons. The molecule has 1 heterocycles. The van der Waals surface area contributed by atoms with Gasteiger partial charge in [0.15, 0.2) is 6.61 Å². The van der Waals surface area contributed by atoms with Crippen molar-refractivity contribution >= 4 is 40.5 Å². The lowest BCUT2D eigenvalue weighted by atomic mass is 10.2. The van der Waals surface area contributed by atoms with Crippen LogP contribution < -0.4 is 10.1 Å². The summed E-state index contributed by atoms with van der Waals surface area (Å²) < 4.78 is 10.2. The number of rotatable bonds is 6. The van der Waals surface area contributed by atoms with Gasteiger partial charge in [-0.2, -0.15) is 0 Å². The Hall–Kier alpha value is -2.90. The molecule has 28 heavy (non-hydrogen) atoms. The zero-order chi connectivity index (χ0) is 20.1. The van der Waals surface area contributed by atoms with Crippen molar-refractivity contribution in [2.24, 2.45) is 0 Å². The van der Waals surface area contributed by atoms with Crippen molar-refractivity contribution in [3.63, 3.8) is 0 Å². The second-order valence-corrected chi connectivity index (χ2v) is 7.23. The average molecular weight is 417 g/mol. The predicted octanol–water partition coefficient (Wildman–Crippen LogP) is 4.58. The standard InChI is InChI=1S/C20H17ClN2O4S/c1-12-18(28-19(22-12)13-6-8-14(21)9-7-13)20(25)27-11-17(24)23-15-4-3-5-16(10-15)26-2/h3-10H,11H2,1-2H3,(H,23,24). The summed E-state index contributed by atoms with van der Waals surface area (Å²) in [6.45, 7) is 1.33. The SMILES string of the molecule is COc1cccc(NC(=O)COC(=O)c2sc(-c3ccc(Cl)cc3)nc2C)c1. The number of amides is 1. The molecule has 0 bridgehead atoms. The summed E-state index contributed by atoms with van der Waals surface area (Å²) in [5.41, 5.74) is 1.96. The number of benzene rings is 2. The number of aromatic nitrogens is 1. The number of hydrogen-bond acceptors (Lipinski definition) is 6. The van der Waals surface area contributed by atoms with E-state index in [0.717, 1.165) is 5.56 Å². The predicted molar refractivity (Wildman–Crippen MR) is 109 cm³/mol. The second-order valence-electron chi connectivity index (χ2n) is 5.80. The van der Waals surface area contributed by atoms with E-state index in [-0.39, 0.29) is 0 Å². The van der Waals surface area contributed by atoms with Gasteiger partial charge in [-0.3, -0.25) is 4.79 Å². The zero-order valence-corrected chi connectivity index (χ0v) is 16.8. The molecule has 1 aromatic heterocycles. The van der Waals surface area contributed by atoms with Crippen LogP contribution in [0.1, 0.15) is 15.4 Å². The van der Waals surface area contributed by atoms with Gasteiger partial charge < -0.3 is 14.8 Å². The summed E-state index contributed by atoms with van der Waals surface area (Å²) in [4.78, 5) is 29.2. The van der Waals surface area contributed by atoms with E-state index in [1.807, 2.05) is 12.1 Å². The quantitative estimate of drug-likeness (QED) is 0.595. The van der Waals surface area contributed by atoms with E-state index in [9.17, 15) is 9.59 Å². The Morgan fingerprint density at radius 1 is 1.18 bits per heavy atom. The lowest BCUT2D eigenvalue weighted by Crippen LogP contribution is -2.20. The minimum Gasteiger partial charge on any atom is -0.497 e. The van der Waals surface area contributed by atoms with Gasteiger partial charge in [0.2, 0.25) is 0 Å².